The maximum absolute atomic E-state index is 11.6. The number of carbonyl (C=O) groups excluding carboxylic acids is 1. The molecule has 0 fully saturated rings. The van der Waals surface area contributed by atoms with Crippen LogP contribution in [0.15, 0.2) is 41.3 Å². The second kappa shape index (κ2) is 4.48. The van der Waals surface area contributed by atoms with Crippen molar-refractivity contribution in [1.82, 2.24) is 4.98 Å². The number of nitrogens with zero attached hydrogens (tertiary/aromatic N) is 1. The molecule has 1 amide bonds. The monoisotopic (exact) mass is 218 g/mol. The van der Waals surface area contributed by atoms with Crippen molar-refractivity contribution in [3.8, 4) is 5.75 Å². The van der Waals surface area contributed by atoms with Gasteiger partial charge in [0.05, 0.1) is 13.3 Å². The molecule has 82 valence electrons. The van der Waals surface area contributed by atoms with E-state index in [1.807, 2.05) is 0 Å². The lowest BCUT2D eigenvalue weighted by Gasteiger charge is -2.03. The largest absolute Gasteiger partial charge is 0.497 e. The molecular weight excluding hydrogens is 208 g/mol. The van der Waals surface area contributed by atoms with Gasteiger partial charge in [-0.25, -0.2) is 4.98 Å². The Labute approximate surface area is 92.1 Å². The molecule has 5 nitrogen and oxygen atoms in total. The number of anilines is 1. The third-order valence-electron chi connectivity index (χ3n) is 2.00. The van der Waals surface area contributed by atoms with Crippen molar-refractivity contribution in [1.29, 1.82) is 0 Å². The Morgan fingerprint density at radius 3 is 2.69 bits per heavy atom. The number of aromatic nitrogens is 1. The molecule has 0 aliphatic carbocycles. The number of rotatable bonds is 3. The van der Waals surface area contributed by atoms with E-state index in [-0.39, 0.29) is 11.7 Å². The van der Waals surface area contributed by atoms with E-state index in [4.69, 9.17) is 9.15 Å². The number of hydrogen-bond donors (Lipinski definition) is 1. The number of hydrogen-bond acceptors (Lipinski definition) is 4. The number of oxazole rings is 1. The summed E-state index contributed by atoms with van der Waals surface area (Å²) in [5.74, 6) is 0.580. The molecule has 0 atom stereocenters. The van der Waals surface area contributed by atoms with Crippen LogP contribution in [0.3, 0.4) is 0 Å². The smallest absolute Gasteiger partial charge is 0.293 e. The Morgan fingerprint density at radius 1 is 1.38 bits per heavy atom. The average molecular weight is 218 g/mol. The summed E-state index contributed by atoms with van der Waals surface area (Å²) in [4.78, 5) is 15.2. The first kappa shape index (κ1) is 10.2. The van der Waals surface area contributed by atoms with Crippen LogP contribution in [0.5, 0.6) is 5.75 Å². The van der Waals surface area contributed by atoms with Gasteiger partial charge in [-0.15, -0.1) is 0 Å². The van der Waals surface area contributed by atoms with Crippen molar-refractivity contribution in [2.75, 3.05) is 12.4 Å². The van der Waals surface area contributed by atoms with E-state index in [1.165, 1.54) is 12.6 Å². The number of methoxy groups -OCH3 is 1. The lowest BCUT2D eigenvalue weighted by molar-refractivity contribution is 0.0996. The van der Waals surface area contributed by atoms with Crippen molar-refractivity contribution in [2.24, 2.45) is 0 Å². The highest BCUT2D eigenvalue weighted by Gasteiger charge is 2.08. The van der Waals surface area contributed by atoms with Gasteiger partial charge in [-0.2, -0.15) is 0 Å². The molecule has 1 aromatic carbocycles. The van der Waals surface area contributed by atoms with E-state index in [9.17, 15) is 4.79 Å². The summed E-state index contributed by atoms with van der Waals surface area (Å²) in [6, 6.07) is 7.01. The molecule has 0 saturated heterocycles. The number of nitrogens with one attached hydrogen (secondary N) is 1. The maximum Gasteiger partial charge on any atom is 0.293 e. The predicted octanol–water partition coefficient (Wildman–Crippen LogP) is 1.94. The topological polar surface area (TPSA) is 64.4 Å². The second-order valence-electron chi connectivity index (χ2n) is 3.05. The molecule has 1 aromatic heterocycles. The fourth-order valence-electron chi connectivity index (χ4n) is 1.19. The van der Waals surface area contributed by atoms with Gasteiger partial charge in [0.15, 0.2) is 6.39 Å². The summed E-state index contributed by atoms with van der Waals surface area (Å²) in [6.07, 6.45) is 2.57. The van der Waals surface area contributed by atoms with Crippen LogP contribution in [0.25, 0.3) is 0 Å². The molecule has 0 aliphatic rings. The molecule has 2 rings (SSSR count). The molecule has 0 saturated carbocycles. The fraction of sp³-hybridized carbons (Fsp3) is 0.0909. The molecule has 0 aliphatic heterocycles. The normalized spacial score (nSPS) is 9.81. The van der Waals surface area contributed by atoms with E-state index >= 15 is 0 Å². The number of benzene rings is 1. The first-order chi connectivity index (χ1) is 7.79. The van der Waals surface area contributed by atoms with Crippen LogP contribution in [0.1, 0.15) is 10.6 Å². The van der Waals surface area contributed by atoms with E-state index in [0.717, 1.165) is 5.75 Å². The highest BCUT2D eigenvalue weighted by atomic mass is 16.5. The van der Waals surface area contributed by atoms with Gasteiger partial charge in [-0.05, 0) is 24.3 Å². The lowest BCUT2D eigenvalue weighted by Crippen LogP contribution is -2.10. The first-order valence-electron chi connectivity index (χ1n) is 4.63. The van der Waals surface area contributed by atoms with Gasteiger partial charge in [-0.1, -0.05) is 0 Å². The van der Waals surface area contributed by atoms with Crippen LogP contribution in [0, 0.1) is 0 Å². The van der Waals surface area contributed by atoms with Gasteiger partial charge >= 0.3 is 0 Å². The van der Waals surface area contributed by atoms with Crippen molar-refractivity contribution in [2.45, 2.75) is 0 Å². The highest BCUT2D eigenvalue weighted by Crippen LogP contribution is 2.15. The number of amides is 1. The summed E-state index contributed by atoms with van der Waals surface area (Å²) < 4.78 is 9.87. The van der Waals surface area contributed by atoms with Crippen molar-refractivity contribution >= 4 is 11.6 Å². The average Bonchev–Trinajstić information content (AvgIpc) is 2.83. The molecule has 1 N–H and O–H groups in total. The van der Waals surface area contributed by atoms with Crippen LogP contribution >= 0.6 is 0 Å². The van der Waals surface area contributed by atoms with Crippen LogP contribution < -0.4 is 10.1 Å². The summed E-state index contributed by atoms with van der Waals surface area (Å²) in [5.41, 5.74) is 0.669. The Morgan fingerprint density at radius 2 is 2.12 bits per heavy atom. The zero-order valence-corrected chi connectivity index (χ0v) is 8.64. The zero-order chi connectivity index (χ0) is 11.4. The minimum atomic E-state index is -0.331. The Balaban J connectivity index is 2.06. The Hall–Kier alpha value is -2.30. The summed E-state index contributed by atoms with van der Waals surface area (Å²) >= 11 is 0. The van der Waals surface area contributed by atoms with Crippen molar-refractivity contribution < 1.29 is 13.9 Å². The third kappa shape index (κ3) is 2.20. The van der Waals surface area contributed by atoms with Gasteiger partial charge in [0, 0.05) is 5.69 Å². The van der Waals surface area contributed by atoms with Gasteiger partial charge in [0.1, 0.15) is 5.75 Å². The standard InChI is InChI=1S/C11H10N2O3/c1-15-9-4-2-8(3-5-9)13-11(14)10-6-12-7-16-10/h2-7H,1H3,(H,13,14). The minimum absolute atomic E-state index is 0.177. The maximum atomic E-state index is 11.6. The van der Waals surface area contributed by atoms with E-state index in [2.05, 4.69) is 10.3 Å². The van der Waals surface area contributed by atoms with Gasteiger partial charge in [0.2, 0.25) is 5.76 Å². The van der Waals surface area contributed by atoms with Gasteiger partial charge in [0.25, 0.3) is 5.91 Å². The predicted molar refractivity (Wildman–Crippen MR) is 57.5 cm³/mol. The molecule has 5 heteroatoms. The third-order valence-corrected chi connectivity index (χ3v) is 2.00. The highest BCUT2D eigenvalue weighted by molar-refractivity contribution is 6.01. The molecular formula is C11H10N2O3. The summed E-state index contributed by atoms with van der Waals surface area (Å²) in [6.45, 7) is 0. The minimum Gasteiger partial charge on any atom is -0.497 e. The second-order valence-corrected chi connectivity index (χ2v) is 3.05. The molecule has 0 unspecified atom stereocenters. The zero-order valence-electron chi connectivity index (χ0n) is 8.64. The first-order valence-corrected chi connectivity index (χ1v) is 4.63. The molecule has 0 radical (unpaired) electrons. The Kier molecular flexibility index (Phi) is 2.86. The van der Waals surface area contributed by atoms with Gasteiger partial charge in [-0.3, -0.25) is 4.79 Å². The SMILES string of the molecule is COc1ccc(NC(=O)c2cnco2)cc1. The summed E-state index contributed by atoms with van der Waals surface area (Å²) in [5, 5.41) is 2.67. The van der Waals surface area contributed by atoms with Gasteiger partial charge < -0.3 is 14.5 Å². The number of carbonyl (C=O) groups is 1. The molecule has 1 heterocycles. The van der Waals surface area contributed by atoms with E-state index < -0.39 is 0 Å². The Bertz CT molecular complexity index is 462. The molecule has 0 spiro atoms. The number of ether oxygens (including phenoxy) is 1. The van der Waals surface area contributed by atoms with Crippen LogP contribution in [-0.4, -0.2) is 18.0 Å². The lowest BCUT2D eigenvalue weighted by atomic mass is 10.3. The van der Waals surface area contributed by atoms with Crippen molar-refractivity contribution in [3.63, 3.8) is 0 Å². The summed E-state index contributed by atoms with van der Waals surface area (Å²) in [7, 11) is 1.59. The quantitative estimate of drug-likeness (QED) is 0.854. The fourth-order valence-corrected chi connectivity index (χ4v) is 1.19. The van der Waals surface area contributed by atoms with E-state index in [1.54, 1.807) is 31.4 Å². The van der Waals surface area contributed by atoms with Crippen LogP contribution in [-0.2, 0) is 0 Å². The molecule has 16 heavy (non-hydrogen) atoms. The van der Waals surface area contributed by atoms with Crippen LogP contribution in [0.2, 0.25) is 0 Å². The van der Waals surface area contributed by atoms with E-state index in [0.29, 0.717) is 5.69 Å². The van der Waals surface area contributed by atoms with Crippen molar-refractivity contribution in [3.05, 3.63) is 42.6 Å². The molecule has 0 bridgehead atoms. The van der Waals surface area contributed by atoms with Crippen LogP contribution in [0.4, 0.5) is 5.69 Å². The molecule has 2 aromatic rings.